The molecule has 24 heavy (non-hydrogen) atoms. The Labute approximate surface area is 155 Å². The van der Waals surface area contributed by atoms with Gasteiger partial charge < -0.3 is 10.2 Å². The number of nitrogens with zero attached hydrogens (tertiary/aromatic N) is 2. The second-order valence-electron chi connectivity index (χ2n) is 5.63. The monoisotopic (exact) mass is 383 g/mol. The van der Waals surface area contributed by atoms with Crippen molar-refractivity contribution >= 4 is 52.1 Å². The van der Waals surface area contributed by atoms with Crippen LogP contribution in [0.2, 0.25) is 15.2 Å². The topological polar surface area (TPSA) is 45.2 Å². The molecule has 1 N–H and O–H groups in total. The number of pyridine rings is 1. The Kier molecular flexibility index (Phi) is 5.49. The van der Waals surface area contributed by atoms with Crippen molar-refractivity contribution in [2.24, 2.45) is 0 Å². The van der Waals surface area contributed by atoms with E-state index in [0.717, 1.165) is 18.8 Å². The Morgan fingerprint density at radius 1 is 1.00 bits per heavy atom. The maximum absolute atomic E-state index is 12.3. The van der Waals surface area contributed by atoms with Crippen molar-refractivity contribution in [2.45, 2.75) is 19.3 Å². The predicted octanol–water partition coefficient (Wildman–Crippen LogP) is 5.28. The molecule has 7 heteroatoms. The van der Waals surface area contributed by atoms with E-state index in [-0.39, 0.29) is 15.9 Å². The van der Waals surface area contributed by atoms with Crippen LogP contribution in [-0.2, 0) is 0 Å². The van der Waals surface area contributed by atoms with E-state index in [1.807, 2.05) is 12.1 Å². The molecule has 126 valence electrons. The van der Waals surface area contributed by atoms with Crippen molar-refractivity contribution in [3.63, 3.8) is 0 Å². The average molecular weight is 385 g/mol. The summed E-state index contributed by atoms with van der Waals surface area (Å²) in [7, 11) is 0. The summed E-state index contributed by atoms with van der Waals surface area (Å²) >= 11 is 18.2. The molecule has 0 unspecified atom stereocenters. The summed E-state index contributed by atoms with van der Waals surface area (Å²) in [4.78, 5) is 18.5. The molecule has 1 saturated heterocycles. The third-order valence-corrected chi connectivity index (χ3v) is 4.75. The van der Waals surface area contributed by atoms with Gasteiger partial charge in [-0.15, -0.1) is 0 Å². The van der Waals surface area contributed by atoms with Crippen LogP contribution in [0.25, 0.3) is 0 Å². The van der Waals surface area contributed by atoms with Gasteiger partial charge >= 0.3 is 0 Å². The number of halogens is 3. The van der Waals surface area contributed by atoms with E-state index in [1.54, 1.807) is 6.07 Å². The highest BCUT2D eigenvalue weighted by molar-refractivity contribution is 6.35. The fourth-order valence-corrected chi connectivity index (χ4v) is 3.38. The molecule has 2 heterocycles. The van der Waals surface area contributed by atoms with Crippen molar-refractivity contribution in [1.82, 2.24) is 4.98 Å². The number of hydrogen-bond acceptors (Lipinski definition) is 3. The molecule has 0 radical (unpaired) electrons. The maximum Gasteiger partial charge on any atom is 0.275 e. The van der Waals surface area contributed by atoms with Gasteiger partial charge in [0.2, 0.25) is 0 Å². The quantitative estimate of drug-likeness (QED) is 0.732. The summed E-state index contributed by atoms with van der Waals surface area (Å²) in [6.07, 6.45) is 3.61. The van der Waals surface area contributed by atoms with Crippen LogP contribution < -0.4 is 10.2 Å². The van der Waals surface area contributed by atoms with Gasteiger partial charge in [0.25, 0.3) is 5.91 Å². The first-order valence-corrected chi connectivity index (χ1v) is 8.86. The molecule has 2 aromatic rings. The molecule has 0 atom stereocenters. The van der Waals surface area contributed by atoms with E-state index in [1.165, 1.54) is 31.4 Å². The Morgan fingerprint density at radius 3 is 2.46 bits per heavy atom. The summed E-state index contributed by atoms with van der Waals surface area (Å²) in [6.45, 7) is 2.01. The van der Waals surface area contributed by atoms with E-state index in [2.05, 4.69) is 15.2 Å². The highest BCUT2D eigenvalue weighted by Crippen LogP contribution is 2.31. The molecule has 0 aliphatic carbocycles. The van der Waals surface area contributed by atoms with Crippen LogP contribution >= 0.6 is 34.8 Å². The van der Waals surface area contributed by atoms with Crippen LogP contribution in [0.1, 0.15) is 29.8 Å². The molecule has 1 fully saturated rings. The van der Waals surface area contributed by atoms with Crippen LogP contribution in [0.5, 0.6) is 0 Å². The van der Waals surface area contributed by atoms with Crippen LogP contribution in [0.4, 0.5) is 11.4 Å². The van der Waals surface area contributed by atoms with Gasteiger partial charge in [-0.3, -0.25) is 4.79 Å². The first-order valence-electron chi connectivity index (χ1n) is 7.72. The molecule has 4 nitrogen and oxygen atoms in total. The molecule has 1 amide bonds. The molecule has 1 aliphatic rings. The van der Waals surface area contributed by atoms with Gasteiger partial charge in [0.15, 0.2) is 0 Å². The summed E-state index contributed by atoms with van der Waals surface area (Å²) in [6, 6.07) is 8.56. The molecule has 3 rings (SSSR count). The summed E-state index contributed by atoms with van der Waals surface area (Å²) in [5.41, 5.74) is 1.66. The lowest BCUT2D eigenvalue weighted by Gasteiger charge is -2.29. The number of piperidine rings is 1. The SMILES string of the molecule is O=C(Nc1ccc(N2CCCCC2)c(Cl)c1)c1nc(Cl)ccc1Cl. The molecule has 1 aromatic heterocycles. The fourth-order valence-electron chi connectivity index (χ4n) is 2.74. The molecule has 0 spiro atoms. The summed E-state index contributed by atoms with van der Waals surface area (Å²) in [5, 5.41) is 3.82. The van der Waals surface area contributed by atoms with Gasteiger partial charge in [-0.05, 0) is 49.6 Å². The Balaban J connectivity index is 1.77. The predicted molar refractivity (Wildman–Crippen MR) is 99.7 cm³/mol. The largest absolute Gasteiger partial charge is 0.370 e. The normalized spacial score (nSPS) is 14.5. The first-order chi connectivity index (χ1) is 11.5. The van der Waals surface area contributed by atoms with Crippen molar-refractivity contribution in [1.29, 1.82) is 0 Å². The smallest absolute Gasteiger partial charge is 0.275 e. The molecule has 0 saturated carbocycles. The molecular weight excluding hydrogens is 369 g/mol. The third-order valence-electron chi connectivity index (χ3n) is 3.93. The van der Waals surface area contributed by atoms with Crippen LogP contribution in [-0.4, -0.2) is 24.0 Å². The van der Waals surface area contributed by atoms with E-state index in [4.69, 9.17) is 34.8 Å². The maximum atomic E-state index is 12.3. The van der Waals surface area contributed by atoms with Crippen LogP contribution in [0, 0.1) is 0 Å². The highest BCUT2D eigenvalue weighted by Gasteiger charge is 2.16. The van der Waals surface area contributed by atoms with E-state index >= 15 is 0 Å². The molecular formula is C17H16Cl3N3O. The molecule has 1 aliphatic heterocycles. The van der Waals surface area contributed by atoms with Crippen molar-refractivity contribution in [2.75, 3.05) is 23.3 Å². The number of hydrogen-bond donors (Lipinski definition) is 1. The van der Waals surface area contributed by atoms with Crippen LogP contribution in [0.3, 0.4) is 0 Å². The lowest BCUT2D eigenvalue weighted by molar-refractivity contribution is 0.102. The first kappa shape index (κ1) is 17.3. The Bertz CT molecular complexity index is 761. The van der Waals surface area contributed by atoms with Crippen molar-refractivity contribution in [3.05, 3.63) is 51.2 Å². The van der Waals surface area contributed by atoms with Gasteiger partial charge in [-0.1, -0.05) is 34.8 Å². The van der Waals surface area contributed by atoms with Gasteiger partial charge in [-0.2, -0.15) is 0 Å². The van der Waals surface area contributed by atoms with E-state index < -0.39 is 5.91 Å². The van der Waals surface area contributed by atoms with Gasteiger partial charge in [0, 0.05) is 18.8 Å². The van der Waals surface area contributed by atoms with Crippen molar-refractivity contribution in [3.8, 4) is 0 Å². The number of nitrogens with one attached hydrogen (secondary N) is 1. The van der Waals surface area contributed by atoms with E-state index in [9.17, 15) is 4.79 Å². The lowest BCUT2D eigenvalue weighted by atomic mass is 10.1. The molecule has 0 bridgehead atoms. The number of carbonyl (C=O) groups excluding carboxylic acids is 1. The van der Waals surface area contributed by atoms with Crippen molar-refractivity contribution < 1.29 is 4.79 Å². The number of aromatic nitrogens is 1. The number of benzene rings is 1. The Hall–Kier alpha value is -1.49. The third kappa shape index (κ3) is 3.94. The second-order valence-corrected chi connectivity index (χ2v) is 6.83. The zero-order chi connectivity index (χ0) is 17.1. The van der Waals surface area contributed by atoms with Gasteiger partial charge in [0.05, 0.1) is 15.7 Å². The van der Waals surface area contributed by atoms with Gasteiger partial charge in [0.1, 0.15) is 10.8 Å². The minimum Gasteiger partial charge on any atom is -0.370 e. The zero-order valence-electron chi connectivity index (χ0n) is 12.9. The molecule has 1 aromatic carbocycles. The second kappa shape index (κ2) is 7.60. The Morgan fingerprint density at radius 2 is 1.75 bits per heavy atom. The minimum atomic E-state index is -0.427. The number of rotatable bonds is 3. The highest BCUT2D eigenvalue weighted by atomic mass is 35.5. The lowest BCUT2D eigenvalue weighted by Crippen LogP contribution is -2.29. The number of amides is 1. The fraction of sp³-hybridized carbons (Fsp3) is 0.294. The standard InChI is InChI=1S/C17H16Cl3N3O/c18-12-5-7-15(20)22-16(12)17(24)21-11-4-6-14(13(19)10-11)23-8-2-1-3-9-23/h4-7,10H,1-3,8-9H2,(H,21,24). The van der Waals surface area contributed by atoms with Gasteiger partial charge in [-0.25, -0.2) is 4.98 Å². The number of anilines is 2. The summed E-state index contributed by atoms with van der Waals surface area (Å²) in [5.74, 6) is -0.427. The average Bonchev–Trinajstić information content (AvgIpc) is 2.58. The number of carbonyl (C=O) groups is 1. The minimum absolute atomic E-state index is 0.0837. The van der Waals surface area contributed by atoms with Crippen LogP contribution in [0.15, 0.2) is 30.3 Å². The zero-order valence-corrected chi connectivity index (χ0v) is 15.1. The summed E-state index contributed by atoms with van der Waals surface area (Å²) < 4.78 is 0. The van der Waals surface area contributed by atoms with E-state index in [0.29, 0.717) is 10.7 Å².